The average Bonchev–Trinajstić information content (AvgIpc) is 1.93. The molecular weight excluding hydrogens is 154 g/mol. The van der Waals surface area contributed by atoms with E-state index in [1.807, 2.05) is 0 Å². The smallest absolute Gasteiger partial charge is 0.306 e. The maximum atomic E-state index is 10.8. The molecular formula is C4H6N3O2S. The summed E-state index contributed by atoms with van der Waals surface area (Å²) >= 11 is 4.61. The van der Waals surface area contributed by atoms with Gasteiger partial charge in [0.25, 0.3) is 0 Å². The fourth-order valence-electron chi connectivity index (χ4n) is 0.513. The predicted octanol–water partition coefficient (Wildman–Crippen LogP) is -0.308. The van der Waals surface area contributed by atoms with Gasteiger partial charge in [-0.1, -0.05) is 4.52 Å². The van der Waals surface area contributed by atoms with Crippen LogP contribution in [-0.4, -0.2) is 27.6 Å². The number of aliphatic hydroxyl groups is 1. The van der Waals surface area contributed by atoms with Crippen LogP contribution >= 0.6 is 12.8 Å². The van der Waals surface area contributed by atoms with E-state index < -0.39 is 5.91 Å². The first-order chi connectivity index (χ1) is 4.63. The van der Waals surface area contributed by atoms with Gasteiger partial charge in [0.05, 0.1) is 19.0 Å². The van der Waals surface area contributed by atoms with Crippen molar-refractivity contribution in [3.63, 3.8) is 0 Å². The van der Waals surface area contributed by atoms with Crippen molar-refractivity contribution in [3.05, 3.63) is 12.0 Å². The third-order valence-corrected chi connectivity index (χ3v) is 1.45. The van der Waals surface area contributed by atoms with Crippen molar-refractivity contribution in [2.75, 3.05) is 7.05 Å². The molecule has 1 aliphatic heterocycles. The van der Waals surface area contributed by atoms with Crippen molar-refractivity contribution in [1.82, 2.24) is 15.0 Å². The minimum absolute atomic E-state index is 0.344. The zero-order valence-corrected chi connectivity index (χ0v) is 6.05. The molecule has 0 fully saturated rings. The summed E-state index contributed by atoms with van der Waals surface area (Å²) in [7, 11) is 1.45. The molecule has 0 atom stereocenters. The Hall–Kier alpha value is -0.880. The maximum Gasteiger partial charge on any atom is 0.306 e. The first kappa shape index (κ1) is 7.23. The third kappa shape index (κ3) is 1.03. The van der Waals surface area contributed by atoms with Crippen LogP contribution in [-0.2, 0) is 4.79 Å². The Morgan fingerprint density at radius 2 is 2.40 bits per heavy atom. The number of carbonyl (C=O) groups is 1. The Balaban J connectivity index is 2.81. The highest BCUT2D eigenvalue weighted by atomic mass is 32.1. The second-order valence-electron chi connectivity index (χ2n) is 1.76. The standard InChI is InChI=1S/C4H6N3O2S/c1-6-4(9)3(8)2-5-7(6)10/h2,5,8H,1H3. The lowest BCUT2D eigenvalue weighted by molar-refractivity contribution is -0.140. The summed E-state index contributed by atoms with van der Waals surface area (Å²) in [6, 6.07) is 0. The molecule has 0 aliphatic carbocycles. The van der Waals surface area contributed by atoms with Gasteiger partial charge >= 0.3 is 5.91 Å². The molecule has 5 nitrogen and oxygen atoms in total. The Bertz CT molecular complexity index is 193. The summed E-state index contributed by atoms with van der Waals surface area (Å²) in [5.41, 5.74) is 2.45. The van der Waals surface area contributed by atoms with Crippen molar-refractivity contribution in [3.8, 4) is 0 Å². The number of nitrogens with zero attached hydrogens (tertiary/aromatic N) is 2. The molecule has 6 heteroatoms. The minimum Gasteiger partial charge on any atom is -0.502 e. The van der Waals surface area contributed by atoms with Crippen LogP contribution in [0.25, 0.3) is 0 Å². The van der Waals surface area contributed by atoms with Crippen LogP contribution in [0, 0.1) is 0 Å². The van der Waals surface area contributed by atoms with E-state index in [1.54, 1.807) is 0 Å². The van der Waals surface area contributed by atoms with E-state index in [9.17, 15) is 4.79 Å². The van der Waals surface area contributed by atoms with E-state index in [1.165, 1.54) is 7.05 Å². The van der Waals surface area contributed by atoms with E-state index in [2.05, 4.69) is 18.2 Å². The number of rotatable bonds is 0. The van der Waals surface area contributed by atoms with Crippen molar-refractivity contribution in [1.29, 1.82) is 0 Å². The van der Waals surface area contributed by atoms with Gasteiger partial charge in [-0.05, 0) is 0 Å². The molecule has 1 rings (SSSR count). The SMILES string of the molecule is CN1C(=O)C(O)=CNN1[S]. The number of amides is 1. The lowest BCUT2D eigenvalue weighted by Gasteiger charge is -2.28. The Kier molecular flexibility index (Phi) is 1.73. The van der Waals surface area contributed by atoms with Gasteiger partial charge in [0.2, 0.25) is 0 Å². The van der Waals surface area contributed by atoms with Crippen LogP contribution in [0.5, 0.6) is 0 Å². The van der Waals surface area contributed by atoms with Crippen molar-refractivity contribution in [2.45, 2.75) is 0 Å². The fourth-order valence-corrected chi connectivity index (χ4v) is 0.640. The summed E-state index contributed by atoms with van der Waals surface area (Å²) in [6.07, 6.45) is 1.13. The van der Waals surface area contributed by atoms with Gasteiger partial charge in [-0.2, -0.15) is 0 Å². The van der Waals surface area contributed by atoms with Gasteiger partial charge in [0.1, 0.15) is 0 Å². The number of hydrogen-bond acceptors (Lipinski definition) is 4. The van der Waals surface area contributed by atoms with Crippen LogP contribution in [0.3, 0.4) is 0 Å². The zero-order valence-electron chi connectivity index (χ0n) is 5.24. The number of likely N-dealkylation sites (N-methyl/N-ethyl adjacent to an activating group) is 1. The van der Waals surface area contributed by atoms with Crippen molar-refractivity contribution in [2.24, 2.45) is 0 Å². The molecule has 1 amide bonds. The van der Waals surface area contributed by atoms with E-state index in [4.69, 9.17) is 5.11 Å². The minimum atomic E-state index is -0.520. The lowest BCUT2D eigenvalue weighted by Crippen LogP contribution is -2.48. The first-order valence-electron chi connectivity index (χ1n) is 2.53. The summed E-state index contributed by atoms with van der Waals surface area (Å²) in [5.74, 6) is -0.864. The Morgan fingerprint density at radius 3 is 2.90 bits per heavy atom. The summed E-state index contributed by atoms with van der Waals surface area (Å²) in [4.78, 5) is 10.8. The zero-order chi connectivity index (χ0) is 7.72. The molecule has 0 bridgehead atoms. The van der Waals surface area contributed by atoms with Crippen LogP contribution in [0.15, 0.2) is 12.0 Å². The van der Waals surface area contributed by atoms with Gasteiger partial charge in [0, 0.05) is 7.05 Å². The van der Waals surface area contributed by atoms with E-state index >= 15 is 0 Å². The molecule has 55 valence electrons. The lowest BCUT2D eigenvalue weighted by atomic mass is 10.5. The van der Waals surface area contributed by atoms with Gasteiger partial charge in [-0.15, -0.1) is 0 Å². The molecule has 2 N–H and O–H groups in total. The number of hydrogen-bond donors (Lipinski definition) is 2. The quantitative estimate of drug-likeness (QED) is 0.510. The molecule has 0 unspecified atom stereocenters. The van der Waals surface area contributed by atoms with Crippen LogP contribution < -0.4 is 5.43 Å². The van der Waals surface area contributed by atoms with Crippen molar-refractivity contribution >= 4 is 18.7 Å². The van der Waals surface area contributed by atoms with E-state index in [0.29, 0.717) is 0 Å². The van der Waals surface area contributed by atoms with Gasteiger partial charge in [-0.25, -0.2) is 5.01 Å². The first-order valence-corrected chi connectivity index (χ1v) is 2.90. The van der Waals surface area contributed by atoms with Gasteiger partial charge in [0.15, 0.2) is 5.76 Å². The highest BCUT2D eigenvalue weighted by Gasteiger charge is 2.22. The second kappa shape index (κ2) is 2.39. The molecule has 0 aromatic heterocycles. The summed E-state index contributed by atoms with van der Waals surface area (Å²) in [5, 5.41) is 9.87. The molecule has 1 radical (unpaired) electrons. The van der Waals surface area contributed by atoms with E-state index in [-0.39, 0.29) is 5.76 Å². The molecule has 0 aromatic carbocycles. The van der Waals surface area contributed by atoms with Crippen LogP contribution in [0.1, 0.15) is 0 Å². The topological polar surface area (TPSA) is 55.8 Å². The summed E-state index contributed by atoms with van der Waals surface area (Å²) < 4.78 is 1.04. The molecule has 1 aliphatic rings. The molecule has 10 heavy (non-hydrogen) atoms. The number of hydrazine groups is 2. The molecule has 0 saturated heterocycles. The van der Waals surface area contributed by atoms with Gasteiger partial charge < -0.3 is 5.11 Å². The Labute approximate surface area is 63.4 Å². The van der Waals surface area contributed by atoms with Gasteiger partial charge in [-0.3, -0.25) is 10.2 Å². The Morgan fingerprint density at radius 1 is 1.80 bits per heavy atom. The maximum absolute atomic E-state index is 10.8. The van der Waals surface area contributed by atoms with Crippen molar-refractivity contribution < 1.29 is 9.90 Å². The third-order valence-electron chi connectivity index (χ3n) is 1.10. The highest BCUT2D eigenvalue weighted by Crippen LogP contribution is 2.05. The van der Waals surface area contributed by atoms with E-state index in [0.717, 1.165) is 15.7 Å². The largest absolute Gasteiger partial charge is 0.502 e. The number of carbonyl (C=O) groups excluding carboxylic acids is 1. The number of nitrogens with one attached hydrogen (secondary N) is 1. The average molecular weight is 160 g/mol. The number of aliphatic hydroxyl groups excluding tert-OH is 1. The van der Waals surface area contributed by atoms with Crippen LogP contribution in [0.2, 0.25) is 0 Å². The predicted molar refractivity (Wildman–Crippen MR) is 36.0 cm³/mol. The molecule has 0 aromatic rings. The summed E-state index contributed by atoms with van der Waals surface area (Å²) in [6.45, 7) is 0. The second-order valence-corrected chi connectivity index (χ2v) is 2.11. The molecule has 0 saturated carbocycles. The normalized spacial score (nSPS) is 20.4. The highest BCUT2D eigenvalue weighted by molar-refractivity contribution is 7.77. The molecule has 0 spiro atoms. The molecule has 1 heterocycles. The monoisotopic (exact) mass is 160 g/mol. The van der Waals surface area contributed by atoms with Crippen LogP contribution in [0.4, 0.5) is 0 Å². The fraction of sp³-hybridized carbons (Fsp3) is 0.250.